The van der Waals surface area contributed by atoms with Gasteiger partial charge in [0.2, 0.25) is 0 Å². The van der Waals surface area contributed by atoms with Gasteiger partial charge >= 0.3 is 0 Å². The number of halogens is 2. The van der Waals surface area contributed by atoms with Gasteiger partial charge in [0.25, 0.3) is 0 Å². The summed E-state index contributed by atoms with van der Waals surface area (Å²) in [5.41, 5.74) is 3.33. The number of hydrazine groups is 1. The standard InChI is InChI=1S/C14H20F2N2O/c15-11-6-10(7-12(16)9-11)8-13(18-17)3-4-14-2-1-5-19-14/h6-7,9,13-14,18H,1-5,8,17H2. The van der Waals surface area contributed by atoms with E-state index in [-0.39, 0.29) is 6.04 Å². The van der Waals surface area contributed by atoms with Crippen LogP contribution in [0.1, 0.15) is 31.2 Å². The van der Waals surface area contributed by atoms with Crippen LogP contribution < -0.4 is 11.3 Å². The molecule has 19 heavy (non-hydrogen) atoms. The lowest BCUT2D eigenvalue weighted by molar-refractivity contribution is 0.0996. The highest BCUT2D eigenvalue weighted by Crippen LogP contribution is 2.19. The molecular weight excluding hydrogens is 250 g/mol. The van der Waals surface area contributed by atoms with Crippen molar-refractivity contribution in [2.75, 3.05) is 6.61 Å². The maximum absolute atomic E-state index is 13.1. The van der Waals surface area contributed by atoms with Crippen molar-refractivity contribution >= 4 is 0 Å². The normalized spacial score (nSPS) is 20.7. The van der Waals surface area contributed by atoms with Gasteiger partial charge in [-0.25, -0.2) is 8.78 Å². The number of rotatable bonds is 6. The van der Waals surface area contributed by atoms with Crippen molar-refractivity contribution in [2.45, 2.75) is 44.2 Å². The quantitative estimate of drug-likeness (QED) is 0.616. The molecule has 1 fully saturated rings. The fourth-order valence-electron chi connectivity index (χ4n) is 2.52. The van der Waals surface area contributed by atoms with Gasteiger partial charge in [0.1, 0.15) is 11.6 Å². The summed E-state index contributed by atoms with van der Waals surface area (Å²) in [4.78, 5) is 0. The highest BCUT2D eigenvalue weighted by atomic mass is 19.1. The van der Waals surface area contributed by atoms with Gasteiger partial charge in [-0.1, -0.05) is 0 Å². The molecule has 0 radical (unpaired) electrons. The summed E-state index contributed by atoms with van der Waals surface area (Å²) >= 11 is 0. The molecule has 0 aliphatic carbocycles. The lowest BCUT2D eigenvalue weighted by Crippen LogP contribution is -2.37. The Balaban J connectivity index is 1.86. The van der Waals surface area contributed by atoms with Crippen LogP contribution in [0.3, 0.4) is 0 Å². The molecule has 1 aliphatic rings. The van der Waals surface area contributed by atoms with E-state index in [1.54, 1.807) is 0 Å². The molecule has 106 valence electrons. The third-order valence-corrected chi connectivity index (χ3v) is 3.50. The fourth-order valence-corrected chi connectivity index (χ4v) is 2.52. The van der Waals surface area contributed by atoms with Gasteiger partial charge in [-0.15, -0.1) is 0 Å². The summed E-state index contributed by atoms with van der Waals surface area (Å²) in [5, 5.41) is 0. The van der Waals surface area contributed by atoms with E-state index >= 15 is 0 Å². The van der Waals surface area contributed by atoms with Crippen LogP contribution in [0.15, 0.2) is 18.2 Å². The number of ether oxygens (including phenoxy) is 1. The van der Waals surface area contributed by atoms with Crippen molar-refractivity contribution in [2.24, 2.45) is 5.84 Å². The van der Waals surface area contributed by atoms with E-state index in [1.165, 1.54) is 12.1 Å². The molecule has 2 atom stereocenters. The number of benzene rings is 1. The third-order valence-electron chi connectivity index (χ3n) is 3.50. The Morgan fingerprint density at radius 1 is 1.32 bits per heavy atom. The lowest BCUT2D eigenvalue weighted by Gasteiger charge is -2.18. The average Bonchev–Trinajstić information content (AvgIpc) is 2.86. The van der Waals surface area contributed by atoms with Crippen LogP contribution in [0.4, 0.5) is 8.78 Å². The second-order valence-electron chi connectivity index (χ2n) is 5.06. The van der Waals surface area contributed by atoms with Gasteiger partial charge in [-0.2, -0.15) is 0 Å². The Hall–Kier alpha value is -1.04. The fraction of sp³-hybridized carbons (Fsp3) is 0.571. The molecule has 2 rings (SSSR count). The van der Waals surface area contributed by atoms with E-state index in [4.69, 9.17) is 10.6 Å². The SMILES string of the molecule is NNC(CCC1CCCO1)Cc1cc(F)cc(F)c1. The molecule has 0 amide bonds. The van der Waals surface area contributed by atoms with E-state index in [9.17, 15) is 8.78 Å². The molecule has 5 heteroatoms. The molecule has 0 saturated carbocycles. The van der Waals surface area contributed by atoms with E-state index < -0.39 is 11.6 Å². The van der Waals surface area contributed by atoms with Crippen molar-refractivity contribution in [3.05, 3.63) is 35.4 Å². The molecule has 3 N–H and O–H groups in total. The monoisotopic (exact) mass is 270 g/mol. The predicted octanol–water partition coefficient (Wildman–Crippen LogP) is 2.30. The van der Waals surface area contributed by atoms with Crippen molar-refractivity contribution < 1.29 is 13.5 Å². The minimum atomic E-state index is -0.551. The summed E-state index contributed by atoms with van der Waals surface area (Å²) in [6.07, 6.45) is 4.77. The maximum Gasteiger partial charge on any atom is 0.126 e. The average molecular weight is 270 g/mol. The van der Waals surface area contributed by atoms with Gasteiger partial charge in [0, 0.05) is 18.7 Å². The van der Waals surface area contributed by atoms with Crippen molar-refractivity contribution in [1.82, 2.24) is 5.43 Å². The number of hydrogen-bond acceptors (Lipinski definition) is 3. The molecule has 1 aliphatic heterocycles. The molecule has 1 heterocycles. The van der Waals surface area contributed by atoms with Crippen LogP contribution in [-0.4, -0.2) is 18.8 Å². The molecule has 2 unspecified atom stereocenters. The van der Waals surface area contributed by atoms with Crippen LogP contribution in [0.25, 0.3) is 0 Å². The maximum atomic E-state index is 13.1. The Morgan fingerprint density at radius 3 is 2.63 bits per heavy atom. The summed E-state index contributed by atoms with van der Waals surface area (Å²) in [7, 11) is 0. The van der Waals surface area contributed by atoms with Crippen molar-refractivity contribution in [3.63, 3.8) is 0 Å². The topological polar surface area (TPSA) is 47.3 Å². The predicted molar refractivity (Wildman–Crippen MR) is 69.4 cm³/mol. The van der Waals surface area contributed by atoms with Gasteiger partial charge in [0.15, 0.2) is 0 Å². The first-order valence-electron chi connectivity index (χ1n) is 6.70. The molecule has 1 aromatic rings. The molecular formula is C14H20F2N2O. The smallest absolute Gasteiger partial charge is 0.126 e. The Bertz CT molecular complexity index is 388. The van der Waals surface area contributed by atoms with Crippen LogP contribution in [-0.2, 0) is 11.2 Å². The van der Waals surface area contributed by atoms with Gasteiger partial charge in [-0.3, -0.25) is 11.3 Å². The largest absolute Gasteiger partial charge is 0.378 e. The second-order valence-corrected chi connectivity index (χ2v) is 5.06. The molecule has 0 spiro atoms. The molecule has 0 bridgehead atoms. The minimum absolute atomic E-state index is 0.00500. The first-order chi connectivity index (χ1) is 9.17. The van der Waals surface area contributed by atoms with Crippen molar-refractivity contribution in [1.29, 1.82) is 0 Å². The first kappa shape index (κ1) is 14.4. The van der Waals surface area contributed by atoms with Gasteiger partial charge < -0.3 is 4.74 Å². The van der Waals surface area contributed by atoms with Crippen LogP contribution >= 0.6 is 0 Å². The van der Waals surface area contributed by atoms with Crippen molar-refractivity contribution in [3.8, 4) is 0 Å². The summed E-state index contributed by atoms with van der Waals surface area (Å²) in [6.45, 7) is 0.834. The highest BCUT2D eigenvalue weighted by Gasteiger charge is 2.18. The van der Waals surface area contributed by atoms with E-state index in [2.05, 4.69) is 5.43 Å². The van der Waals surface area contributed by atoms with E-state index in [0.29, 0.717) is 18.1 Å². The zero-order valence-electron chi connectivity index (χ0n) is 10.9. The lowest BCUT2D eigenvalue weighted by atomic mass is 9.99. The third kappa shape index (κ3) is 4.53. The minimum Gasteiger partial charge on any atom is -0.378 e. The van der Waals surface area contributed by atoms with Gasteiger partial charge in [0.05, 0.1) is 6.10 Å². The molecule has 3 nitrogen and oxygen atoms in total. The number of nitrogens with two attached hydrogens (primary N) is 1. The number of hydrogen-bond donors (Lipinski definition) is 2. The second kappa shape index (κ2) is 6.93. The first-order valence-corrected chi connectivity index (χ1v) is 6.70. The van der Waals surface area contributed by atoms with Crippen LogP contribution in [0, 0.1) is 11.6 Å². The zero-order valence-corrected chi connectivity index (χ0v) is 10.9. The number of nitrogens with one attached hydrogen (secondary N) is 1. The Labute approximate surface area is 112 Å². The Morgan fingerprint density at radius 2 is 2.05 bits per heavy atom. The molecule has 1 aromatic carbocycles. The van der Waals surface area contributed by atoms with E-state index in [1.807, 2.05) is 0 Å². The summed E-state index contributed by atoms with van der Waals surface area (Å²) in [5.74, 6) is 4.40. The summed E-state index contributed by atoms with van der Waals surface area (Å²) in [6, 6.07) is 3.57. The zero-order chi connectivity index (χ0) is 13.7. The van der Waals surface area contributed by atoms with Crippen LogP contribution in [0.5, 0.6) is 0 Å². The molecule has 0 aromatic heterocycles. The van der Waals surface area contributed by atoms with Crippen LogP contribution in [0.2, 0.25) is 0 Å². The Kier molecular flexibility index (Phi) is 5.24. The molecule has 1 saturated heterocycles. The highest BCUT2D eigenvalue weighted by molar-refractivity contribution is 5.18. The van der Waals surface area contributed by atoms with E-state index in [0.717, 1.165) is 38.4 Å². The summed E-state index contributed by atoms with van der Waals surface area (Å²) < 4.78 is 31.8. The van der Waals surface area contributed by atoms with Gasteiger partial charge in [-0.05, 0) is 49.8 Å².